The molecule has 0 N–H and O–H groups in total. The number of hydrogen-bond donors (Lipinski definition) is 0. The Hall–Kier alpha value is 0.130. The Morgan fingerprint density at radius 2 is 1.70 bits per heavy atom. The molecule has 0 fully saturated rings. The van der Waals surface area contributed by atoms with Crippen molar-refractivity contribution in [1.29, 1.82) is 0 Å². The molecule has 1 aromatic rings. The van der Waals surface area contributed by atoms with E-state index in [-0.39, 0.29) is 11.7 Å². The Morgan fingerprint density at radius 1 is 1.10 bits per heavy atom. The molecule has 0 saturated heterocycles. The predicted octanol–water partition coefficient (Wildman–Crippen LogP) is 5.01. The van der Waals surface area contributed by atoms with E-state index < -0.39 is 9.05 Å². The SMILES string of the molecule is CC(CCOc1cc(Cl)c(Cl)cc1Cl)CCS(=O)(=O)Cl. The van der Waals surface area contributed by atoms with Gasteiger partial charge in [-0.3, -0.25) is 0 Å². The maximum Gasteiger partial charge on any atom is 0.232 e. The zero-order valence-corrected chi connectivity index (χ0v) is 14.5. The van der Waals surface area contributed by atoms with Crippen molar-refractivity contribution in [3.8, 4) is 5.75 Å². The molecule has 3 nitrogen and oxygen atoms in total. The molecular weight excluding hydrogens is 366 g/mol. The third-order valence-corrected chi connectivity index (χ3v) is 4.90. The molecule has 0 spiro atoms. The molecule has 0 bridgehead atoms. The Kier molecular flexibility index (Phi) is 7.22. The molecule has 0 aliphatic rings. The summed E-state index contributed by atoms with van der Waals surface area (Å²) in [7, 11) is 1.72. The highest BCUT2D eigenvalue weighted by Gasteiger charge is 2.11. The van der Waals surface area contributed by atoms with Crippen LogP contribution >= 0.6 is 45.5 Å². The second kappa shape index (κ2) is 7.95. The van der Waals surface area contributed by atoms with Crippen LogP contribution in [0.3, 0.4) is 0 Å². The molecule has 0 amide bonds. The Bertz CT molecular complexity index is 560. The maximum atomic E-state index is 10.8. The van der Waals surface area contributed by atoms with Crippen molar-refractivity contribution in [3.05, 3.63) is 27.2 Å². The lowest BCUT2D eigenvalue weighted by Crippen LogP contribution is -2.08. The van der Waals surface area contributed by atoms with Gasteiger partial charge in [0.15, 0.2) is 0 Å². The first-order valence-electron chi connectivity index (χ1n) is 5.88. The summed E-state index contributed by atoms with van der Waals surface area (Å²) in [4.78, 5) is 0. The van der Waals surface area contributed by atoms with E-state index in [0.29, 0.717) is 40.3 Å². The van der Waals surface area contributed by atoms with Gasteiger partial charge < -0.3 is 4.74 Å². The normalized spacial score (nSPS) is 13.2. The van der Waals surface area contributed by atoms with Crippen molar-refractivity contribution >= 4 is 54.5 Å². The molecule has 1 rings (SSSR count). The number of halogens is 4. The van der Waals surface area contributed by atoms with Gasteiger partial charge in [0.05, 0.1) is 27.4 Å². The van der Waals surface area contributed by atoms with Crippen molar-refractivity contribution in [2.75, 3.05) is 12.4 Å². The highest BCUT2D eigenvalue weighted by Crippen LogP contribution is 2.34. The summed E-state index contributed by atoms with van der Waals surface area (Å²) in [5, 5.41) is 1.12. The first-order chi connectivity index (χ1) is 9.19. The van der Waals surface area contributed by atoms with Crippen LogP contribution in [0.2, 0.25) is 15.1 Å². The average Bonchev–Trinajstić information content (AvgIpc) is 2.32. The molecule has 0 heterocycles. The van der Waals surface area contributed by atoms with Crippen LogP contribution < -0.4 is 4.74 Å². The molecule has 0 aromatic heterocycles. The van der Waals surface area contributed by atoms with Crippen molar-refractivity contribution in [1.82, 2.24) is 0 Å². The minimum Gasteiger partial charge on any atom is -0.492 e. The van der Waals surface area contributed by atoms with Gasteiger partial charge in [-0.25, -0.2) is 8.42 Å². The third-order valence-electron chi connectivity index (χ3n) is 2.70. The van der Waals surface area contributed by atoms with Gasteiger partial charge >= 0.3 is 0 Å². The minimum atomic E-state index is -3.44. The summed E-state index contributed by atoms with van der Waals surface area (Å²) in [6.45, 7) is 2.34. The van der Waals surface area contributed by atoms with Gasteiger partial charge in [-0.05, 0) is 24.8 Å². The monoisotopic (exact) mass is 378 g/mol. The van der Waals surface area contributed by atoms with Gasteiger partial charge in [-0.15, -0.1) is 0 Å². The Labute approximate surface area is 138 Å². The minimum absolute atomic E-state index is 0.0384. The highest BCUT2D eigenvalue weighted by atomic mass is 35.7. The van der Waals surface area contributed by atoms with Crippen LogP contribution in [-0.4, -0.2) is 20.8 Å². The molecular formula is C12H14Cl4O3S. The van der Waals surface area contributed by atoms with Crippen LogP contribution in [0.15, 0.2) is 12.1 Å². The zero-order chi connectivity index (χ0) is 15.3. The quantitative estimate of drug-likeness (QED) is 0.493. The van der Waals surface area contributed by atoms with Crippen LogP contribution in [0.25, 0.3) is 0 Å². The van der Waals surface area contributed by atoms with E-state index >= 15 is 0 Å². The molecule has 1 aromatic carbocycles. The van der Waals surface area contributed by atoms with Crippen LogP contribution in [-0.2, 0) is 9.05 Å². The molecule has 114 valence electrons. The molecule has 0 radical (unpaired) electrons. The van der Waals surface area contributed by atoms with Crippen LogP contribution in [0.1, 0.15) is 19.8 Å². The largest absolute Gasteiger partial charge is 0.492 e. The highest BCUT2D eigenvalue weighted by molar-refractivity contribution is 8.13. The molecule has 1 atom stereocenters. The number of hydrogen-bond acceptors (Lipinski definition) is 3. The maximum absolute atomic E-state index is 10.8. The summed E-state index contributed by atoms with van der Waals surface area (Å²) in [6.07, 6.45) is 1.17. The van der Waals surface area contributed by atoms with Crippen molar-refractivity contribution in [2.45, 2.75) is 19.8 Å². The Balaban J connectivity index is 2.43. The van der Waals surface area contributed by atoms with Crippen molar-refractivity contribution < 1.29 is 13.2 Å². The summed E-state index contributed by atoms with van der Waals surface area (Å²) >= 11 is 17.7. The fourth-order valence-corrected chi connectivity index (χ4v) is 3.01. The van der Waals surface area contributed by atoms with E-state index in [4.69, 9.17) is 50.2 Å². The first-order valence-corrected chi connectivity index (χ1v) is 9.50. The van der Waals surface area contributed by atoms with Gasteiger partial charge in [0, 0.05) is 16.7 Å². The molecule has 0 aliphatic carbocycles. The second-order valence-electron chi connectivity index (χ2n) is 4.47. The summed E-state index contributed by atoms with van der Waals surface area (Å²) in [5.74, 6) is 0.590. The third kappa shape index (κ3) is 6.72. The molecule has 20 heavy (non-hydrogen) atoms. The van der Waals surface area contributed by atoms with E-state index in [1.807, 2.05) is 6.92 Å². The summed E-state index contributed by atoms with van der Waals surface area (Å²) in [5.41, 5.74) is 0. The van der Waals surface area contributed by atoms with Gasteiger partial charge in [0.25, 0.3) is 0 Å². The van der Waals surface area contributed by atoms with E-state index in [1.165, 1.54) is 6.07 Å². The Morgan fingerprint density at radius 3 is 2.30 bits per heavy atom. The van der Waals surface area contributed by atoms with Crippen LogP contribution in [0.5, 0.6) is 5.75 Å². The zero-order valence-electron chi connectivity index (χ0n) is 10.7. The van der Waals surface area contributed by atoms with Gasteiger partial charge in [-0.2, -0.15) is 0 Å². The fraction of sp³-hybridized carbons (Fsp3) is 0.500. The number of rotatable bonds is 7. The fourth-order valence-electron chi connectivity index (χ4n) is 1.47. The second-order valence-corrected chi connectivity index (χ2v) is 8.59. The van der Waals surface area contributed by atoms with Crippen molar-refractivity contribution in [3.63, 3.8) is 0 Å². The molecule has 0 saturated carbocycles. The first kappa shape index (κ1) is 18.2. The summed E-state index contributed by atoms with van der Waals surface area (Å²) < 4.78 is 27.2. The van der Waals surface area contributed by atoms with Gasteiger partial charge in [0.1, 0.15) is 5.75 Å². The van der Waals surface area contributed by atoms with E-state index in [2.05, 4.69) is 0 Å². The van der Waals surface area contributed by atoms with Crippen LogP contribution in [0, 0.1) is 5.92 Å². The van der Waals surface area contributed by atoms with Gasteiger partial charge in [-0.1, -0.05) is 41.7 Å². The standard InChI is InChI=1S/C12H14Cl4O3S/c1-8(3-5-20(16,17)18)2-4-19-12-7-10(14)9(13)6-11(12)15/h6-8H,2-5H2,1H3. The predicted molar refractivity (Wildman–Crippen MR) is 85.0 cm³/mol. The lowest BCUT2D eigenvalue weighted by molar-refractivity contribution is 0.282. The smallest absolute Gasteiger partial charge is 0.232 e. The van der Waals surface area contributed by atoms with E-state index in [0.717, 1.165) is 0 Å². The number of benzene rings is 1. The topological polar surface area (TPSA) is 43.4 Å². The van der Waals surface area contributed by atoms with E-state index in [1.54, 1.807) is 6.07 Å². The van der Waals surface area contributed by atoms with Crippen LogP contribution in [0.4, 0.5) is 0 Å². The molecule has 8 heteroatoms. The number of ether oxygens (including phenoxy) is 1. The average molecular weight is 380 g/mol. The lowest BCUT2D eigenvalue weighted by Gasteiger charge is -2.13. The van der Waals surface area contributed by atoms with Gasteiger partial charge in [0.2, 0.25) is 9.05 Å². The van der Waals surface area contributed by atoms with Crippen molar-refractivity contribution in [2.24, 2.45) is 5.92 Å². The summed E-state index contributed by atoms with van der Waals surface area (Å²) in [6, 6.07) is 3.07. The molecule has 0 aliphatic heterocycles. The molecule has 1 unspecified atom stereocenters. The lowest BCUT2D eigenvalue weighted by atomic mass is 10.1. The van der Waals surface area contributed by atoms with E-state index in [9.17, 15) is 8.42 Å².